The Hall–Kier alpha value is -2.03. The zero-order chi connectivity index (χ0) is 14.2. The van der Waals surface area contributed by atoms with Gasteiger partial charge in [0.25, 0.3) is 7.76 Å². The summed E-state index contributed by atoms with van der Waals surface area (Å²) in [7, 11) is -1.19. The number of para-hydroxylation sites is 1. The molecule has 0 aliphatic heterocycles. The van der Waals surface area contributed by atoms with Crippen LogP contribution in [-0.4, -0.2) is 35.5 Å². The lowest BCUT2D eigenvalue weighted by Gasteiger charge is -1.96. The van der Waals surface area contributed by atoms with Gasteiger partial charge >= 0.3 is 0 Å². The minimum absolute atomic E-state index is 0.223. The summed E-state index contributed by atoms with van der Waals surface area (Å²) in [6.45, 7) is 1.09. The SMILES string of the molecule is Oc1ccccc1C=NCCN=Cc1cccc[p+]1O. The highest BCUT2D eigenvalue weighted by molar-refractivity contribution is 7.44. The Morgan fingerprint density at radius 3 is 2.40 bits per heavy atom. The molecule has 0 bridgehead atoms. The summed E-state index contributed by atoms with van der Waals surface area (Å²) >= 11 is 0. The Morgan fingerprint density at radius 2 is 1.65 bits per heavy atom. The van der Waals surface area contributed by atoms with E-state index < -0.39 is 7.76 Å². The van der Waals surface area contributed by atoms with Gasteiger partial charge in [0, 0.05) is 11.8 Å². The third kappa shape index (κ3) is 4.26. The predicted octanol–water partition coefficient (Wildman–Crippen LogP) is 2.95. The lowest BCUT2D eigenvalue weighted by molar-refractivity contribution is 0.474. The van der Waals surface area contributed by atoms with E-state index in [1.165, 1.54) is 0 Å². The van der Waals surface area contributed by atoms with Gasteiger partial charge in [0.1, 0.15) is 11.5 Å². The van der Waals surface area contributed by atoms with Crippen molar-refractivity contribution in [1.82, 2.24) is 0 Å². The van der Waals surface area contributed by atoms with E-state index in [-0.39, 0.29) is 5.75 Å². The van der Waals surface area contributed by atoms with Gasteiger partial charge in [-0.05, 0) is 24.3 Å². The van der Waals surface area contributed by atoms with E-state index in [4.69, 9.17) is 0 Å². The third-order valence-corrected chi connectivity index (χ3v) is 3.87. The normalized spacial score (nSPS) is 12.3. The van der Waals surface area contributed by atoms with Crippen LogP contribution in [0.3, 0.4) is 0 Å². The van der Waals surface area contributed by atoms with Crippen LogP contribution in [0.25, 0.3) is 0 Å². The molecule has 0 aliphatic carbocycles. The number of rotatable bonds is 5. The van der Waals surface area contributed by atoms with E-state index in [0.29, 0.717) is 18.7 Å². The van der Waals surface area contributed by atoms with Crippen molar-refractivity contribution in [3.8, 4) is 5.75 Å². The molecule has 0 radical (unpaired) electrons. The summed E-state index contributed by atoms with van der Waals surface area (Å²) < 4.78 is 0. The Kier molecular flexibility index (Phi) is 5.42. The van der Waals surface area contributed by atoms with E-state index in [9.17, 15) is 10.00 Å². The third-order valence-electron chi connectivity index (χ3n) is 2.62. The molecule has 0 aliphatic rings. The molecular weight excluding hydrogens is 271 g/mol. The monoisotopic (exact) mass is 287 g/mol. The van der Waals surface area contributed by atoms with Gasteiger partial charge in [-0.25, -0.2) is 0 Å². The van der Waals surface area contributed by atoms with Crippen molar-refractivity contribution in [2.24, 2.45) is 9.98 Å². The van der Waals surface area contributed by atoms with Gasteiger partial charge < -0.3 is 5.11 Å². The number of phenolic OH excluding ortho intramolecular Hbond substituents is 1. The summed E-state index contributed by atoms with van der Waals surface area (Å²) in [5.41, 5.74) is 0.699. The quantitative estimate of drug-likeness (QED) is 0.656. The van der Waals surface area contributed by atoms with Crippen molar-refractivity contribution in [2.75, 3.05) is 13.1 Å². The fourth-order valence-electron chi connectivity index (χ4n) is 1.58. The van der Waals surface area contributed by atoms with Crippen molar-refractivity contribution in [1.29, 1.82) is 0 Å². The second-order valence-electron chi connectivity index (χ2n) is 4.10. The van der Waals surface area contributed by atoms with Gasteiger partial charge in [0.05, 0.1) is 19.3 Å². The molecule has 20 heavy (non-hydrogen) atoms. The molecule has 2 N–H and O–H groups in total. The minimum atomic E-state index is -1.19. The molecule has 0 amide bonds. The van der Waals surface area contributed by atoms with E-state index >= 15 is 0 Å². The van der Waals surface area contributed by atoms with Crippen LogP contribution in [0.2, 0.25) is 0 Å². The Balaban J connectivity index is 1.82. The Morgan fingerprint density at radius 1 is 0.950 bits per heavy atom. The number of hydrogen-bond donors (Lipinski definition) is 2. The number of hydrogen-bond acceptors (Lipinski definition) is 4. The van der Waals surface area contributed by atoms with Crippen LogP contribution in [0.5, 0.6) is 5.75 Å². The van der Waals surface area contributed by atoms with Crippen molar-refractivity contribution >= 4 is 20.2 Å². The van der Waals surface area contributed by atoms with Crippen molar-refractivity contribution in [2.45, 2.75) is 0 Å². The lowest BCUT2D eigenvalue weighted by Crippen LogP contribution is -1.90. The summed E-state index contributed by atoms with van der Waals surface area (Å²) in [5.74, 6) is 1.99. The van der Waals surface area contributed by atoms with Crippen molar-refractivity contribution < 1.29 is 10.00 Å². The summed E-state index contributed by atoms with van der Waals surface area (Å²) in [6, 6.07) is 12.6. The zero-order valence-electron chi connectivity index (χ0n) is 10.9. The van der Waals surface area contributed by atoms with Gasteiger partial charge in [0.2, 0.25) is 0 Å². The molecule has 0 saturated heterocycles. The number of phenols is 1. The predicted molar refractivity (Wildman–Crippen MR) is 84.2 cm³/mol. The zero-order valence-corrected chi connectivity index (χ0v) is 11.8. The molecule has 1 atom stereocenters. The highest BCUT2D eigenvalue weighted by atomic mass is 31.1. The molecule has 2 aromatic rings. The number of nitrogens with zero attached hydrogens (tertiary/aromatic N) is 2. The van der Waals surface area contributed by atoms with Crippen molar-refractivity contribution in [3.05, 3.63) is 59.1 Å². The summed E-state index contributed by atoms with van der Waals surface area (Å²) in [6.07, 6.45) is 3.33. The molecule has 1 unspecified atom stereocenters. The highest BCUT2D eigenvalue weighted by Crippen LogP contribution is 2.24. The van der Waals surface area contributed by atoms with Crippen LogP contribution in [0.15, 0.2) is 58.2 Å². The Labute approximate surface area is 118 Å². The van der Waals surface area contributed by atoms with Gasteiger partial charge in [-0.2, -0.15) is 4.89 Å². The van der Waals surface area contributed by atoms with Crippen LogP contribution >= 0.6 is 7.76 Å². The van der Waals surface area contributed by atoms with Gasteiger partial charge in [-0.15, -0.1) is 0 Å². The first kappa shape index (κ1) is 14.4. The average Bonchev–Trinajstić information content (AvgIpc) is 2.46. The lowest BCUT2D eigenvalue weighted by atomic mass is 10.2. The molecule has 1 heterocycles. The number of aliphatic imine (C=N–C) groups is 2. The fourth-order valence-corrected chi connectivity index (χ4v) is 2.46. The smallest absolute Gasteiger partial charge is 0.292 e. The summed E-state index contributed by atoms with van der Waals surface area (Å²) in [5, 5.41) is 10.4. The number of aromatic hydroxyl groups is 1. The maximum Gasteiger partial charge on any atom is 0.292 e. The van der Waals surface area contributed by atoms with Crippen LogP contribution in [0.1, 0.15) is 10.9 Å². The second-order valence-corrected chi connectivity index (χ2v) is 5.60. The maximum absolute atomic E-state index is 9.69. The van der Waals surface area contributed by atoms with Crippen LogP contribution in [0.4, 0.5) is 0 Å². The molecule has 1 aromatic heterocycles. The standard InChI is InChI=1S/C15H15N2O2P/c18-15-7-2-1-5-13(15)11-16-8-9-17-12-14-6-3-4-10-20(14)19/h1-7,10-12H,8-9H2,(H-,16,17,18,19)/p+1. The van der Waals surface area contributed by atoms with E-state index in [1.54, 1.807) is 36.4 Å². The molecule has 0 fully saturated rings. The first-order chi connectivity index (χ1) is 9.77. The molecule has 102 valence electrons. The van der Waals surface area contributed by atoms with Gasteiger partial charge in [-0.1, -0.05) is 18.2 Å². The molecule has 1 aromatic carbocycles. The van der Waals surface area contributed by atoms with Gasteiger partial charge in [0.15, 0.2) is 5.30 Å². The minimum Gasteiger partial charge on any atom is -0.507 e. The van der Waals surface area contributed by atoms with E-state index in [0.717, 1.165) is 5.30 Å². The molecule has 4 nitrogen and oxygen atoms in total. The topological polar surface area (TPSA) is 65.2 Å². The molecular formula is C15H16N2O2P+. The van der Waals surface area contributed by atoms with Gasteiger partial charge in [-0.3, -0.25) is 9.98 Å². The van der Waals surface area contributed by atoms with E-state index in [1.807, 2.05) is 24.3 Å². The first-order valence-electron chi connectivity index (χ1n) is 6.25. The highest BCUT2D eigenvalue weighted by Gasteiger charge is 2.05. The van der Waals surface area contributed by atoms with E-state index in [2.05, 4.69) is 9.98 Å². The second kappa shape index (κ2) is 7.53. The summed E-state index contributed by atoms with van der Waals surface area (Å²) in [4.78, 5) is 18.1. The maximum atomic E-state index is 9.69. The van der Waals surface area contributed by atoms with Crippen molar-refractivity contribution in [3.63, 3.8) is 0 Å². The number of benzene rings is 1. The van der Waals surface area contributed by atoms with Crippen LogP contribution in [-0.2, 0) is 0 Å². The Bertz CT molecular complexity index is 571. The molecule has 5 heteroatoms. The molecule has 0 spiro atoms. The molecule has 2 rings (SSSR count). The molecule has 0 saturated carbocycles. The largest absolute Gasteiger partial charge is 0.507 e. The fraction of sp³-hybridized carbons (Fsp3) is 0.133. The first-order valence-corrected chi connectivity index (χ1v) is 7.61. The van der Waals surface area contributed by atoms with Crippen LogP contribution in [0, 0.1) is 0 Å². The average molecular weight is 287 g/mol. The van der Waals surface area contributed by atoms with Crippen LogP contribution < -0.4 is 0 Å².